The zero-order valence-electron chi connectivity index (χ0n) is 16.8. The molecule has 3 atom stereocenters. The summed E-state index contributed by atoms with van der Waals surface area (Å²) in [6, 6.07) is 0. The molecule has 0 fully saturated rings. The van der Waals surface area contributed by atoms with E-state index in [4.69, 9.17) is 4.74 Å². The van der Waals surface area contributed by atoms with E-state index in [9.17, 15) is 14.4 Å². The van der Waals surface area contributed by atoms with Gasteiger partial charge in [0, 0.05) is 17.1 Å². The van der Waals surface area contributed by atoms with Crippen molar-refractivity contribution in [3.63, 3.8) is 0 Å². The Morgan fingerprint density at radius 3 is 2.77 bits per heavy atom. The lowest BCUT2D eigenvalue weighted by Gasteiger charge is -2.25. The highest BCUT2D eigenvalue weighted by atomic mass is 16.5. The van der Waals surface area contributed by atoms with E-state index < -0.39 is 5.97 Å². The molecule has 5 aliphatic carbocycles. The molecule has 0 aromatic rings. The first-order valence-corrected chi connectivity index (χ1v) is 10.7. The molecule has 0 N–H and O–H groups in total. The minimum absolute atomic E-state index is 0.0694. The topological polar surface area (TPSA) is 60.4 Å². The highest BCUT2D eigenvalue weighted by Gasteiger charge is 2.40. The monoisotopic (exact) mass is 400 g/mol. The van der Waals surface area contributed by atoms with Crippen LogP contribution in [-0.2, 0) is 19.1 Å². The van der Waals surface area contributed by atoms with Gasteiger partial charge in [0.25, 0.3) is 0 Å². The van der Waals surface area contributed by atoms with Gasteiger partial charge in [0.15, 0.2) is 12.4 Å². The van der Waals surface area contributed by atoms with Crippen LogP contribution in [0.25, 0.3) is 0 Å². The van der Waals surface area contributed by atoms with Crippen LogP contribution in [0.4, 0.5) is 0 Å². The lowest BCUT2D eigenvalue weighted by Crippen LogP contribution is -2.22. The Kier molecular flexibility index (Phi) is 4.86. The van der Waals surface area contributed by atoms with Crippen LogP contribution in [0.5, 0.6) is 0 Å². The first-order chi connectivity index (χ1) is 14.6. The Morgan fingerprint density at radius 2 is 1.87 bits per heavy atom. The van der Waals surface area contributed by atoms with Gasteiger partial charge in [-0.25, -0.2) is 4.79 Å². The Labute approximate surface area is 176 Å². The van der Waals surface area contributed by atoms with E-state index in [1.165, 1.54) is 0 Å². The molecule has 0 aromatic heterocycles. The third-order valence-electron chi connectivity index (χ3n) is 6.72. The number of esters is 1. The molecule has 0 saturated heterocycles. The summed E-state index contributed by atoms with van der Waals surface area (Å²) in [6.45, 7) is -0.266. The molecular weight excluding hydrogens is 376 g/mol. The Bertz CT molecular complexity index is 1040. The molecule has 0 heterocycles. The van der Waals surface area contributed by atoms with E-state index in [-0.39, 0.29) is 30.0 Å². The number of carbonyl (C=O) groups excluding carboxylic acids is 3. The lowest BCUT2D eigenvalue weighted by molar-refractivity contribution is -0.142. The molecule has 0 amide bonds. The molecular formula is C26H24O4. The summed E-state index contributed by atoms with van der Waals surface area (Å²) in [5.41, 5.74) is 4.07. The van der Waals surface area contributed by atoms with Crippen molar-refractivity contribution in [2.45, 2.75) is 32.1 Å². The van der Waals surface area contributed by atoms with Crippen molar-refractivity contribution in [1.82, 2.24) is 0 Å². The Morgan fingerprint density at radius 1 is 1.00 bits per heavy atom. The van der Waals surface area contributed by atoms with Gasteiger partial charge in [-0.15, -0.1) is 0 Å². The predicted molar refractivity (Wildman–Crippen MR) is 113 cm³/mol. The number of carbonyl (C=O) groups is 3. The smallest absolute Gasteiger partial charge is 0.338 e. The summed E-state index contributed by atoms with van der Waals surface area (Å²) >= 11 is 0. The van der Waals surface area contributed by atoms with Crippen LogP contribution in [0.1, 0.15) is 32.1 Å². The van der Waals surface area contributed by atoms with Gasteiger partial charge in [-0.3, -0.25) is 9.59 Å². The number of allylic oxidation sites excluding steroid dienone is 11. The highest BCUT2D eigenvalue weighted by Crippen LogP contribution is 2.43. The fourth-order valence-corrected chi connectivity index (χ4v) is 5.18. The molecule has 30 heavy (non-hydrogen) atoms. The maximum atomic E-state index is 12.7. The fraction of sp³-hybridized carbons (Fsp3) is 0.346. The Hall–Kier alpha value is -3.01. The summed E-state index contributed by atoms with van der Waals surface area (Å²) in [4.78, 5) is 38.0. The van der Waals surface area contributed by atoms with Gasteiger partial charge < -0.3 is 4.74 Å². The number of Topliss-reactive ketones (excluding diaryl/α,β-unsaturated/α-hetero) is 2. The minimum atomic E-state index is -0.507. The summed E-state index contributed by atoms with van der Waals surface area (Å²) in [5.74, 6) is -0.434. The van der Waals surface area contributed by atoms with Crippen molar-refractivity contribution >= 4 is 17.5 Å². The van der Waals surface area contributed by atoms with Gasteiger partial charge in [-0.05, 0) is 43.6 Å². The van der Waals surface area contributed by atoms with E-state index in [0.717, 1.165) is 48.8 Å². The highest BCUT2D eigenvalue weighted by molar-refractivity contribution is 6.06. The van der Waals surface area contributed by atoms with Gasteiger partial charge in [0.1, 0.15) is 0 Å². The standard InChI is InChI=1S/C26H24O4/c27-24(20-11-5-7-16-6-1-2-8-18(16)20)15-30-26(29)17-12-13-22-23(14-17)19-9-3-4-10-21(19)25(22)28/h2,4-5,8,10-14,16,22-23H,1,3,6-7,9,15H2. The van der Waals surface area contributed by atoms with Crippen LogP contribution in [0.2, 0.25) is 0 Å². The van der Waals surface area contributed by atoms with Crippen LogP contribution in [-0.4, -0.2) is 24.1 Å². The molecule has 4 heteroatoms. The molecule has 0 aliphatic heterocycles. The zero-order valence-corrected chi connectivity index (χ0v) is 16.8. The summed E-state index contributed by atoms with van der Waals surface area (Å²) in [7, 11) is 0. The Balaban J connectivity index is 1.29. The van der Waals surface area contributed by atoms with Gasteiger partial charge in [-0.1, -0.05) is 60.3 Å². The number of fused-ring (bicyclic) bond motifs is 3. The van der Waals surface area contributed by atoms with E-state index in [2.05, 4.69) is 6.08 Å². The summed E-state index contributed by atoms with van der Waals surface area (Å²) in [6.07, 6.45) is 22.1. The molecule has 4 nitrogen and oxygen atoms in total. The second kappa shape index (κ2) is 7.67. The van der Waals surface area contributed by atoms with Crippen LogP contribution in [0.3, 0.4) is 0 Å². The van der Waals surface area contributed by atoms with Crippen LogP contribution >= 0.6 is 0 Å². The zero-order chi connectivity index (χ0) is 20.7. The van der Waals surface area contributed by atoms with Gasteiger partial charge >= 0.3 is 5.97 Å². The molecule has 0 saturated carbocycles. The fourth-order valence-electron chi connectivity index (χ4n) is 5.18. The third kappa shape index (κ3) is 3.20. The number of rotatable bonds is 4. The number of ether oxygens (including phenoxy) is 1. The predicted octanol–water partition coefficient (Wildman–Crippen LogP) is 4.28. The van der Waals surface area contributed by atoms with Crippen LogP contribution < -0.4 is 0 Å². The minimum Gasteiger partial charge on any atom is -0.454 e. The maximum absolute atomic E-state index is 12.7. The molecule has 5 rings (SSSR count). The lowest BCUT2D eigenvalue weighted by atomic mass is 9.80. The quantitative estimate of drug-likeness (QED) is 0.661. The van der Waals surface area contributed by atoms with Crippen molar-refractivity contribution < 1.29 is 19.1 Å². The summed E-state index contributed by atoms with van der Waals surface area (Å²) < 4.78 is 5.37. The second-order valence-electron chi connectivity index (χ2n) is 8.46. The number of hydrogen-bond acceptors (Lipinski definition) is 4. The van der Waals surface area contributed by atoms with E-state index in [1.807, 2.05) is 42.5 Å². The molecule has 0 bridgehead atoms. The average Bonchev–Trinajstić information content (AvgIpc) is 3.08. The van der Waals surface area contributed by atoms with Crippen LogP contribution in [0, 0.1) is 17.8 Å². The largest absolute Gasteiger partial charge is 0.454 e. The van der Waals surface area contributed by atoms with E-state index in [0.29, 0.717) is 17.1 Å². The van der Waals surface area contributed by atoms with Gasteiger partial charge in [-0.2, -0.15) is 0 Å². The molecule has 0 aromatic carbocycles. The summed E-state index contributed by atoms with van der Waals surface area (Å²) in [5, 5.41) is 0. The normalized spacial score (nSPS) is 28.9. The SMILES string of the molecule is O=C(COC(=O)C1=CC2C3=C(C=CCC3)C(=O)C2C=C1)C1=C2C=CCCC2CC=C1. The first kappa shape index (κ1) is 19.0. The van der Waals surface area contributed by atoms with Gasteiger partial charge in [0.2, 0.25) is 5.78 Å². The third-order valence-corrected chi connectivity index (χ3v) is 6.72. The van der Waals surface area contributed by atoms with Gasteiger partial charge in [0.05, 0.1) is 11.5 Å². The molecule has 3 unspecified atom stereocenters. The van der Waals surface area contributed by atoms with Crippen LogP contribution in [0.15, 0.2) is 82.5 Å². The van der Waals surface area contributed by atoms with Crippen molar-refractivity contribution in [1.29, 1.82) is 0 Å². The molecule has 0 spiro atoms. The van der Waals surface area contributed by atoms with Crippen molar-refractivity contribution in [2.75, 3.05) is 6.61 Å². The molecule has 152 valence electrons. The number of hydrogen-bond donors (Lipinski definition) is 0. The molecule has 0 radical (unpaired) electrons. The number of ketones is 2. The van der Waals surface area contributed by atoms with Crippen molar-refractivity contribution in [2.24, 2.45) is 17.8 Å². The first-order valence-electron chi connectivity index (χ1n) is 10.7. The second-order valence-corrected chi connectivity index (χ2v) is 8.46. The van der Waals surface area contributed by atoms with Crippen molar-refractivity contribution in [3.8, 4) is 0 Å². The van der Waals surface area contributed by atoms with Crippen molar-refractivity contribution in [3.05, 3.63) is 82.5 Å². The van der Waals surface area contributed by atoms with E-state index in [1.54, 1.807) is 6.08 Å². The van der Waals surface area contributed by atoms with E-state index >= 15 is 0 Å². The average molecular weight is 400 g/mol. The molecule has 5 aliphatic rings. The maximum Gasteiger partial charge on any atom is 0.338 e.